The van der Waals surface area contributed by atoms with E-state index in [4.69, 9.17) is 9.97 Å². The van der Waals surface area contributed by atoms with Gasteiger partial charge in [0, 0.05) is 39.6 Å². The molecule has 0 saturated carbocycles. The number of nitrogens with zero attached hydrogens (tertiary/aromatic N) is 3. The fourth-order valence-corrected chi connectivity index (χ4v) is 5.26. The molecule has 33 heavy (non-hydrogen) atoms. The van der Waals surface area contributed by atoms with Crippen LogP contribution in [-0.2, 0) is 0 Å². The lowest BCUT2D eigenvalue weighted by molar-refractivity contribution is 0.0608. The van der Waals surface area contributed by atoms with E-state index in [0.717, 1.165) is 63.6 Å². The van der Waals surface area contributed by atoms with Crippen molar-refractivity contribution in [2.45, 2.75) is 45.4 Å². The van der Waals surface area contributed by atoms with Gasteiger partial charge in [0.1, 0.15) is 0 Å². The van der Waals surface area contributed by atoms with Gasteiger partial charge >= 0.3 is 0 Å². The van der Waals surface area contributed by atoms with E-state index in [9.17, 15) is 9.59 Å². The predicted molar refractivity (Wildman–Crippen MR) is 130 cm³/mol. The lowest BCUT2D eigenvalue weighted by atomic mass is 9.90. The van der Waals surface area contributed by atoms with E-state index in [-0.39, 0.29) is 11.8 Å². The van der Waals surface area contributed by atoms with E-state index in [1.165, 1.54) is 24.2 Å². The third-order valence-corrected chi connectivity index (χ3v) is 6.93. The molecule has 0 spiro atoms. The average molecular weight is 436 g/mol. The number of hydrogen-bond acceptors (Lipinski definition) is 4. The molecule has 164 valence electrons. The first-order valence-electron chi connectivity index (χ1n) is 11.9. The van der Waals surface area contributed by atoms with Gasteiger partial charge < -0.3 is 0 Å². The molecule has 2 aliphatic rings. The SMILES string of the molecule is CCCCCCCCN1C(=O)c2ccc3c4c(ccc(c24)C1=O)-c1nc2ccccc2nc1-3. The van der Waals surface area contributed by atoms with Crippen LogP contribution in [0.25, 0.3) is 44.3 Å². The number of rotatable bonds is 7. The molecule has 0 atom stereocenters. The maximum absolute atomic E-state index is 13.4. The lowest BCUT2D eigenvalue weighted by Gasteiger charge is -2.27. The van der Waals surface area contributed by atoms with E-state index < -0.39 is 0 Å². The number of unbranched alkanes of at least 4 members (excludes halogenated alkanes) is 5. The van der Waals surface area contributed by atoms with Gasteiger partial charge in [-0.05, 0) is 30.7 Å². The number of amides is 2. The van der Waals surface area contributed by atoms with Crippen LogP contribution in [0.15, 0.2) is 48.5 Å². The summed E-state index contributed by atoms with van der Waals surface area (Å²) >= 11 is 0. The van der Waals surface area contributed by atoms with Crippen molar-refractivity contribution < 1.29 is 9.59 Å². The summed E-state index contributed by atoms with van der Waals surface area (Å²) in [7, 11) is 0. The number of carbonyl (C=O) groups is 2. The topological polar surface area (TPSA) is 63.2 Å². The minimum absolute atomic E-state index is 0.188. The van der Waals surface area contributed by atoms with Crippen LogP contribution in [0.1, 0.15) is 66.2 Å². The summed E-state index contributed by atoms with van der Waals surface area (Å²) in [5, 5.41) is 1.68. The van der Waals surface area contributed by atoms with Gasteiger partial charge in [-0.1, -0.05) is 63.3 Å². The summed E-state index contributed by atoms with van der Waals surface area (Å²) in [6, 6.07) is 15.5. The second-order valence-electron chi connectivity index (χ2n) is 9.01. The minimum atomic E-state index is -0.188. The standard InChI is InChI=1S/C28H25N3O2/c1-2-3-4-5-6-9-16-31-27(32)19-14-12-17-23-18(13-15-20(24(19)23)28(31)33)26-25(17)29-21-10-7-8-11-22(21)30-26/h7-8,10-15H,2-6,9,16H2,1H3. The molecule has 4 aromatic rings. The number of hydrogen-bond donors (Lipinski definition) is 0. The van der Waals surface area contributed by atoms with Crippen LogP contribution in [0, 0.1) is 0 Å². The van der Waals surface area contributed by atoms with Crippen molar-refractivity contribution in [3.05, 3.63) is 59.7 Å². The highest BCUT2D eigenvalue weighted by Crippen LogP contribution is 2.48. The first-order chi connectivity index (χ1) is 16.2. The van der Waals surface area contributed by atoms with Crippen LogP contribution >= 0.6 is 0 Å². The van der Waals surface area contributed by atoms with E-state index in [2.05, 4.69) is 6.92 Å². The van der Waals surface area contributed by atoms with Gasteiger partial charge in [0.25, 0.3) is 11.8 Å². The molecule has 3 aromatic carbocycles. The van der Waals surface area contributed by atoms with Gasteiger partial charge in [0.15, 0.2) is 0 Å². The van der Waals surface area contributed by atoms with Crippen LogP contribution in [0.3, 0.4) is 0 Å². The molecule has 1 aliphatic heterocycles. The number of carbonyl (C=O) groups excluding carboxylic acids is 2. The third kappa shape index (κ3) is 2.99. The highest BCUT2D eigenvalue weighted by Gasteiger charge is 2.36. The number of fused-ring (bicyclic) bond motifs is 4. The van der Waals surface area contributed by atoms with E-state index in [1.807, 2.05) is 48.5 Å². The molecular weight excluding hydrogens is 410 g/mol. The molecule has 2 amide bonds. The molecule has 1 aliphatic carbocycles. The molecule has 0 bridgehead atoms. The van der Waals surface area contributed by atoms with Crippen molar-refractivity contribution in [2.75, 3.05) is 6.54 Å². The van der Waals surface area contributed by atoms with Gasteiger partial charge in [-0.2, -0.15) is 0 Å². The summed E-state index contributed by atoms with van der Waals surface area (Å²) in [5.74, 6) is -0.376. The largest absolute Gasteiger partial charge is 0.274 e. The Morgan fingerprint density at radius 3 is 1.70 bits per heavy atom. The molecule has 5 nitrogen and oxygen atoms in total. The quantitative estimate of drug-likeness (QED) is 0.220. The molecular formula is C28H25N3O2. The Hall–Kier alpha value is -3.60. The normalized spacial score (nSPS) is 13.9. The Balaban J connectivity index is 1.40. The van der Waals surface area contributed by atoms with Gasteiger partial charge in [0.05, 0.1) is 22.4 Å². The second-order valence-corrected chi connectivity index (χ2v) is 9.01. The van der Waals surface area contributed by atoms with Crippen molar-refractivity contribution in [3.63, 3.8) is 0 Å². The number of aromatic nitrogens is 2. The summed E-state index contributed by atoms with van der Waals surface area (Å²) < 4.78 is 0. The van der Waals surface area contributed by atoms with Crippen LogP contribution in [0.4, 0.5) is 0 Å². The van der Waals surface area contributed by atoms with Crippen LogP contribution in [-0.4, -0.2) is 33.2 Å². The summed E-state index contributed by atoms with van der Waals surface area (Å²) in [6.07, 6.45) is 6.69. The third-order valence-electron chi connectivity index (χ3n) is 6.93. The highest BCUT2D eigenvalue weighted by molar-refractivity contribution is 6.30. The smallest absolute Gasteiger partial charge is 0.261 e. The van der Waals surface area contributed by atoms with Crippen molar-refractivity contribution in [1.29, 1.82) is 0 Å². The molecule has 0 unspecified atom stereocenters. The highest BCUT2D eigenvalue weighted by atomic mass is 16.2. The van der Waals surface area contributed by atoms with Crippen molar-refractivity contribution in [1.82, 2.24) is 14.9 Å². The number of benzene rings is 3. The Morgan fingerprint density at radius 2 is 1.12 bits per heavy atom. The fraction of sp³-hybridized carbons (Fsp3) is 0.286. The Bertz CT molecular complexity index is 1360. The summed E-state index contributed by atoms with van der Waals surface area (Å²) in [4.78, 5) is 37.9. The van der Waals surface area contributed by atoms with Gasteiger partial charge in [-0.25, -0.2) is 9.97 Å². The van der Waals surface area contributed by atoms with Crippen LogP contribution in [0.2, 0.25) is 0 Å². The summed E-state index contributed by atoms with van der Waals surface area (Å²) in [5.41, 5.74) is 6.43. The Labute approximate surface area is 192 Å². The molecule has 5 heteroatoms. The van der Waals surface area contributed by atoms with E-state index in [0.29, 0.717) is 17.7 Å². The fourth-order valence-electron chi connectivity index (χ4n) is 5.26. The first kappa shape index (κ1) is 20.0. The second kappa shape index (κ2) is 7.77. The average Bonchev–Trinajstić information content (AvgIpc) is 3.15. The zero-order valence-electron chi connectivity index (χ0n) is 18.7. The van der Waals surface area contributed by atoms with Crippen molar-refractivity contribution in [3.8, 4) is 22.5 Å². The Kier molecular flexibility index (Phi) is 4.72. The van der Waals surface area contributed by atoms with Gasteiger partial charge in [-0.3, -0.25) is 14.5 Å². The van der Waals surface area contributed by atoms with Crippen molar-refractivity contribution in [2.24, 2.45) is 0 Å². The monoisotopic (exact) mass is 435 g/mol. The number of para-hydroxylation sites is 2. The minimum Gasteiger partial charge on any atom is -0.274 e. The van der Waals surface area contributed by atoms with Crippen LogP contribution in [0.5, 0.6) is 0 Å². The molecule has 0 fully saturated rings. The van der Waals surface area contributed by atoms with Gasteiger partial charge in [0.2, 0.25) is 0 Å². The molecule has 1 aromatic heterocycles. The van der Waals surface area contributed by atoms with E-state index in [1.54, 1.807) is 0 Å². The maximum atomic E-state index is 13.4. The zero-order valence-corrected chi connectivity index (χ0v) is 18.7. The molecule has 0 radical (unpaired) electrons. The van der Waals surface area contributed by atoms with E-state index >= 15 is 0 Å². The predicted octanol–water partition coefficient (Wildman–Crippen LogP) is 6.39. The van der Waals surface area contributed by atoms with Crippen molar-refractivity contribution >= 4 is 33.6 Å². The maximum Gasteiger partial charge on any atom is 0.261 e. The first-order valence-corrected chi connectivity index (χ1v) is 11.9. The molecule has 6 rings (SSSR count). The Morgan fingerprint density at radius 1 is 0.636 bits per heavy atom. The molecule has 0 saturated heterocycles. The number of imide groups is 1. The van der Waals surface area contributed by atoms with Crippen LogP contribution < -0.4 is 0 Å². The van der Waals surface area contributed by atoms with Gasteiger partial charge in [-0.15, -0.1) is 0 Å². The molecule has 0 N–H and O–H groups in total. The zero-order chi connectivity index (χ0) is 22.5. The molecule has 2 heterocycles. The lowest BCUT2D eigenvalue weighted by Crippen LogP contribution is -2.40. The summed E-state index contributed by atoms with van der Waals surface area (Å²) in [6.45, 7) is 2.67.